The average Bonchev–Trinajstić information content (AvgIpc) is 2.78. The van der Waals surface area contributed by atoms with Gasteiger partial charge in [-0.3, -0.25) is 0 Å². The molecule has 1 aliphatic heterocycles. The van der Waals surface area contributed by atoms with Crippen molar-refractivity contribution < 1.29 is 14.3 Å². The zero-order valence-corrected chi connectivity index (χ0v) is 10.4. The first-order valence-corrected chi connectivity index (χ1v) is 6.11. The topological polar surface area (TPSA) is 46.6 Å². The fourth-order valence-corrected chi connectivity index (χ4v) is 2.13. The van der Waals surface area contributed by atoms with Crippen LogP contribution >= 0.6 is 0 Å². The standard InChI is InChI=1S/C14H17NO3/c1-11-7-15(8-13(11)9-16)14(17)18-10-12-5-3-2-4-6-12/h2-6,9,11,13H,7-8,10H2,1H3/t11-,13+/m1/s1. The molecule has 0 N–H and O–H groups in total. The summed E-state index contributed by atoms with van der Waals surface area (Å²) in [5.41, 5.74) is 0.963. The summed E-state index contributed by atoms with van der Waals surface area (Å²) in [5.74, 6) is 0.154. The lowest BCUT2D eigenvalue weighted by molar-refractivity contribution is -0.111. The predicted molar refractivity (Wildman–Crippen MR) is 66.9 cm³/mol. The van der Waals surface area contributed by atoms with Gasteiger partial charge in [-0.05, 0) is 11.5 Å². The summed E-state index contributed by atoms with van der Waals surface area (Å²) in [6.07, 6.45) is 0.588. The minimum atomic E-state index is -0.338. The highest BCUT2D eigenvalue weighted by Gasteiger charge is 2.32. The van der Waals surface area contributed by atoms with E-state index in [1.54, 1.807) is 4.90 Å². The molecule has 0 unspecified atom stereocenters. The number of rotatable bonds is 3. The molecular weight excluding hydrogens is 230 g/mol. The Morgan fingerprint density at radius 2 is 2.11 bits per heavy atom. The maximum absolute atomic E-state index is 11.8. The molecule has 0 aromatic heterocycles. The van der Waals surface area contributed by atoms with Gasteiger partial charge in [0.2, 0.25) is 0 Å². The molecule has 1 amide bonds. The highest BCUT2D eigenvalue weighted by atomic mass is 16.6. The molecule has 0 bridgehead atoms. The summed E-state index contributed by atoms with van der Waals surface area (Å²) in [5, 5.41) is 0. The van der Waals surface area contributed by atoms with Crippen LogP contribution in [0.1, 0.15) is 12.5 Å². The molecular formula is C14H17NO3. The summed E-state index contributed by atoms with van der Waals surface area (Å²) < 4.78 is 5.22. The molecule has 96 valence electrons. The van der Waals surface area contributed by atoms with E-state index >= 15 is 0 Å². The molecule has 0 aliphatic carbocycles. The average molecular weight is 247 g/mol. The van der Waals surface area contributed by atoms with Crippen molar-refractivity contribution in [2.45, 2.75) is 13.5 Å². The molecule has 4 heteroatoms. The van der Waals surface area contributed by atoms with E-state index in [1.807, 2.05) is 37.3 Å². The predicted octanol–water partition coefficient (Wildman–Crippen LogP) is 2.09. The fraction of sp³-hybridized carbons (Fsp3) is 0.429. The van der Waals surface area contributed by atoms with E-state index in [2.05, 4.69) is 0 Å². The number of nitrogens with zero attached hydrogens (tertiary/aromatic N) is 1. The Kier molecular flexibility index (Phi) is 3.97. The van der Waals surface area contributed by atoms with Gasteiger partial charge < -0.3 is 14.4 Å². The van der Waals surface area contributed by atoms with Gasteiger partial charge in [-0.2, -0.15) is 0 Å². The first-order valence-electron chi connectivity index (χ1n) is 6.11. The highest BCUT2D eigenvalue weighted by molar-refractivity contribution is 5.69. The van der Waals surface area contributed by atoms with Crippen molar-refractivity contribution in [2.75, 3.05) is 13.1 Å². The number of carbonyl (C=O) groups excluding carboxylic acids is 2. The monoisotopic (exact) mass is 247 g/mol. The maximum atomic E-state index is 11.8. The second-order valence-corrected chi connectivity index (χ2v) is 4.72. The number of aldehydes is 1. The van der Waals surface area contributed by atoms with E-state index in [1.165, 1.54) is 0 Å². The molecule has 1 aliphatic rings. The third-order valence-corrected chi connectivity index (χ3v) is 3.31. The van der Waals surface area contributed by atoms with Gasteiger partial charge in [-0.1, -0.05) is 37.3 Å². The van der Waals surface area contributed by atoms with Gasteiger partial charge in [0.25, 0.3) is 0 Å². The summed E-state index contributed by atoms with van der Waals surface area (Å²) in [6.45, 7) is 3.31. The fourth-order valence-electron chi connectivity index (χ4n) is 2.13. The van der Waals surface area contributed by atoms with Crippen molar-refractivity contribution in [1.82, 2.24) is 4.90 Å². The Balaban J connectivity index is 1.84. The quantitative estimate of drug-likeness (QED) is 0.768. The number of hydrogen-bond acceptors (Lipinski definition) is 3. The Bertz CT molecular complexity index is 418. The molecule has 1 aromatic rings. The summed E-state index contributed by atoms with van der Waals surface area (Å²) in [7, 11) is 0. The van der Waals surface area contributed by atoms with Crippen LogP contribution in [-0.2, 0) is 16.1 Å². The zero-order chi connectivity index (χ0) is 13.0. The van der Waals surface area contributed by atoms with Gasteiger partial charge >= 0.3 is 6.09 Å². The highest BCUT2D eigenvalue weighted by Crippen LogP contribution is 2.21. The third-order valence-electron chi connectivity index (χ3n) is 3.31. The second-order valence-electron chi connectivity index (χ2n) is 4.72. The van der Waals surface area contributed by atoms with Gasteiger partial charge in [-0.25, -0.2) is 4.79 Å². The van der Waals surface area contributed by atoms with Crippen LogP contribution in [-0.4, -0.2) is 30.4 Å². The van der Waals surface area contributed by atoms with Gasteiger partial charge in [-0.15, -0.1) is 0 Å². The Morgan fingerprint density at radius 1 is 1.39 bits per heavy atom. The molecule has 0 radical (unpaired) electrons. The molecule has 2 atom stereocenters. The molecule has 18 heavy (non-hydrogen) atoms. The third kappa shape index (κ3) is 2.88. The van der Waals surface area contributed by atoms with Gasteiger partial charge in [0.1, 0.15) is 12.9 Å². The molecule has 1 saturated heterocycles. The van der Waals surface area contributed by atoms with Crippen LogP contribution in [0.15, 0.2) is 30.3 Å². The number of ether oxygens (including phenoxy) is 1. The number of hydrogen-bond donors (Lipinski definition) is 0. The van der Waals surface area contributed by atoms with E-state index in [-0.39, 0.29) is 24.5 Å². The van der Waals surface area contributed by atoms with E-state index in [0.717, 1.165) is 11.8 Å². The van der Waals surface area contributed by atoms with Crippen molar-refractivity contribution in [2.24, 2.45) is 11.8 Å². The first-order chi connectivity index (χ1) is 8.70. The van der Waals surface area contributed by atoms with Crippen LogP contribution in [0.25, 0.3) is 0 Å². The Hall–Kier alpha value is -1.84. The van der Waals surface area contributed by atoms with Crippen LogP contribution in [0.2, 0.25) is 0 Å². The molecule has 0 saturated carbocycles. The normalized spacial score (nSPS) is 22.8. The SMILES string of the molecule is C[C@@H]1CN(C(=O)OCc2ccccc2)C[C@H]1C=O. The van der Waals surface area contributed by atoms with Crippen LogP contribution in [0, 0.1) is 11.8 Å². The lowest BCUT2D eigenvalue weighted by Crippen LogP contribution is -2.29. The van der Waals surface area contributed by atoms with Crippen LogP contribution < -0.4 is 0 Å². The zero-order valence-electron chi connectivity index (χ0n) is 10.4. The van der Waals surface area contributed by atoms with Crippen molar-refractivity contribution in [1.29, 1.82) is 0 Å². The van der Waals surface area contributed by atoms with Crippen molar-refractivity contribution in [3.63, 3.8) is 0 Å². The Labute approximate surface area is 107 Å². The van der Waals surface area contributed by atoms with E-state index in [0.29, 0.717) is 13.1 Å². The van der Waals surface area contributed by atoms with Crippen LogP contribution in [0.4, 0.5) is 4.79 Å². The number of benzene rings is 1. The van der Waals surface area contributed by atoms with Crippen molar-refractivity contribution in [3.8, 4) is 0 Å². The minimum Gasteiger partial charge on any atom is -0.445 e. The number of carbonyl (C=O) groups is 2. The second kappa shape index (κ2) is 5.67. The van der Waals surface area contributed by atoms with Gasteiger partial charge in [0, 0.05) is 19.0 Å². The van der Waals surface area contributed by atoms with E-state index in [9.17, 15) is 9.59 Å². The lowest BCUT2D eigenvalue weighted by Gasteiger charge is -2.15. The largest absolute Gasteiger partial charge is 0.445 e. The van der Waals surface area contributed by atoms with Crippen LogP contribution in [0.3, 0.4) is 0 Å². The smallest absolute Gasteiger partial charge is 0.410 e. The Morgan fingerprint density at radius 3 is 2.72 bits per heavy atom. The van der Waals surface area contributed by atoms with Crippen LogP contribution in [0.5, 0.6) is 0 Å². The van der Waals surface area contributed by atoms with Gasteiger partial charge in [0.05, 0.1) is 0 Å². The summed E-state index contributed by atoms with van der Waals surface area (Å²) in [6, 6.07) is 9.55. The minimum absolute atomic E-state index is 0.0609. The molecule has 1 fully saturated rings. The van der Waals surface area contributed by atoms with Crippen molar-refractivity contribution >= 4 is 12.4 Å². The molecule has 1 heterocycles. The number of likely N-dealkylation sites (tertiary alicyclic amines) is 1. The molecule has 2 rings (SSSR count). The van der Waals surface area contributed by atoms with Gasteiger partial charge in [0.15, 0.2) is 0 Å². The van der Waals surface area contributed by atoms with Crippen molar-refractivity contribution in [3.05, 3.63) is 35.9 Å². The molecule has 1 aromatic carbocycles. The summed E-state index contributed by atoms with van der Waals surface area (Å²) >= 11 is 0. The first kappa shape index (κ1) is 12.6. The maximum Gasteiger partial charge on any atom is 0.410 e. The summed E-state index contributed by atoms with van der Waals surface area (Å²) in [4.78, 5) is 24.2. The van der Waals surface area contributed by atoms with E-state index < -0.39 is 0 Å². The number of amides is 1. The molecule has 4 nitrogen and oxygen atoms in total. The molecule has 0 spiro atoms. The van der Waals surface area contributed by atoms with E-state index in [4.69, 9.17) is 4.74 Å². The lowest BCUT2D eigenvalue weighted by atomic mass is 10.0.